The minimum Gasteiger partial charge on any atom is -0.324 e. The van der Waals surface area contributed by atoms with Crippen molar-refractivity contribution in [1.29, 1.82) is 0 Å². The molecule has 0 saturated heterocycles. The number of hydrogen-bond donors (Lipinski definition) is 1. The van der Waals surface area contributed by atoms with Crippen molar-refractivity contribution in [3.8, 4) is 11.4 Å². The Balaban J connectivity index is 1.63. The van der Waals surface area contributed by atoms with E-state index in [2.05, 4.69) is 34.6 Å². The fourth-order valence-electron chi connectivity index (χ4n) is 2.52. The number of nitrogens with zero attached hydrogens (tertiary/aromatic N) is 4. The molecule has 1 heterocycles. The smallest absolute Gasteiger partial charge is 0.248 e. The van der Waals surface area contributed by atoms with Crippen LogP contribution in [0.4, 0.5) is 10.1 Å². The van der Waals surface area contributed by atoms with E-state index < -0.39 is 5.82 Å². The SMILES string of the molecule is CC[C@H](C)c1ccc(NC(=O)Cn2nnc(-c3ccccc3F)n2)cc1. The van der Waals surface area contributed by atoms with Crippen LogP contribution in [0.5, 0.6) is 0 Å². The van der Waals surface area contributed by atoms with E-state index in [1.807, 2.05) is 24.3 Å². The Morgan fingerprint density at radius 1 is 1.19 bits per heavy atom. The maximum Gasteiger partial charge on any atom is 0.248 e. The van der Waals surface area contributed by atoms with E-state index in [1.54, 1.807) is 18.2 Å². The summed E-state index contributed by atoms with van der Waals surface area (Å²) in [4.78, 5) is 13.3. The molecule has 134 valence electrons. The number of rotatable bonds is 6. The van der Waals surface area contributed by atoms with Gasteiger partial charge in [-0.1, -0.05) is 38.1 Å². The Kier molecular flexibility index (Phi) is 5.36. The topological polar surface area (TPSA) is 72.7 Å². The van der Waals surface area contributed by atoms with Crippen molar-refractivity contribution < 1.29 is 9.18 Å². The first-order chi connectivity index (χ1) is 12.6. The van der Waals surface area contributed by atoms with E-state index in [1.165, 1.54) is 11.6 Å². The van der Waals surface area contributed by atoms with Gasteiger partial charge in [-0.25, -0.2) is 4.39 Å². The molecule has 0 unspecified atom stereocenters. The minimum absolute atomic E-state index is 0.103. The van der Waals surface area contributed by atoms with Crippen molar-refractivity contribution in [3.63, 3.8) is 0 Å². The number of tetrazole rings is 1. The molecule has 0 spiro atoms. The monoisotopic (exact) mass is 353 g/mol. The minimum atomic E-state index is -0.433. The zero-order valence-electron chi connectivity index (χ0n) is 14.7. The molecule has 0 aliphatic heterocycles. The first kappa shape index (κ1) is 17.7. The Labute approximate surface area is 151 Å². The zero-order valence-corrected chi connectivity index (χ0v) is 14.7. The van der Waals surface area contributed by atoms with Crippen molar-refractivity contribution in [3.05, 3.63) is 59.9 Å². The highest BCUT2D eigenvalue weighted by Gasteiger charge is 2.12. The summed E-state index contributed by atoms with van der Waals surface area (Å²) >= 11 is 0. The van der Waals surface area contributed by atoms with E-state index >= 15 is 0 Å². The van der Waals surface area contributed by atoms with Gasteiger partial charge in [-0.2, -0.15) is 4.80 Å². The highest BCUT2D eigenvalue weighted by molar-refractivity contribution is 5.90. The Morgan fingerprint density at radius 2 is 1.92 bits per heavy atom. The second-order valence-electron chi connectivity index (χ2n) is 6.10. The van der Waals surface area contributed by atoms with Crippen molar-refractivity contribution in [2.24, 2.45) is 0 Å². The van der Waals surface area contributed by atoms with Gasteiger partial charge < -0.3 is 5.32 Å². The molecule has 0 saturated carbocycles. The second kappa shape index (κ2) is 7.86. The molecular weight excluding hydrogens is 333 g/mol. The molecule has 26 heavy (non-hydrogen) atoms. The number of nitrogens with one attached hydrogen (secondary N) is 1. The number of aromatic nitrogens is 4. The number of benzene rings is 2. The van der Waals surface area contributed by atoms with Crippen LogP contribution in [0.1, 0.15) is 31.7 Å². The summed E-state index contributed by atoms with van der Waals surface area (Å²) in [6, 6.07) is 13.9. The van der Waals surface area contributed by atoms with Gasteiger partial charge in [0, 0.05) is 5.69 Å². The Bertz CT molecular complexity index is 891. The van der Waals surface area contributed by atoms with Crippen LogP contribution in [-0.2, 0) is 11.3 Å². The van der Waals surface area contributed by atoms with Gasteiger partial charge in [0.05, 0.1) is 5.56 Å². The van der Waals surface area contributed by atoms with Crippen molar-refractivity contribution in [1.82, 2.24) is 20.2 Å². The van der Waals surface area contributed by atoms with Crippen molar-refractivity contribution >= 4 is 11.6 Å². The predicted octanol–water partition coefficient (Wildman–Crippen LogP) is 3.63. The first-order valence-electron chi connectivity index (χ1n) is 8.49. The third-order valence-electron chi connectivity index (χ3n) is 4.23. The van der Waals surface area contributed by atoms with E-state index in [-0.39, 0.29) is 23.8 Å². The molecule has 0 fully saturated rings. The maximum absolute atomic E-state index is 13.8. The van der Waals surface area contributed by atoms with Gasteiger partial charge in [0.15, 0.2) is 0 Å². The van der Waals surface area contributed by atoms with Crippen LogP contribution in [0, 0.1) is 5.82 Å². The molecule has 0 bridgehead atoms. The largest absolute Gasteiger partial charge is 0.324 e. The summed E-state index contributed by atoms with van der Waals surface area (Å²) in [5.41, 5.74) is 2.19. The van der Waals surface area contributed by atoms with Crippen LogP contribution in [0.25, 0.3) is 11.4 Å². The second-order valence-corrected chi connectivity index (χ2v) is 6.10. The van der Waals surface area contributed by atoms with E-state index in [0.717, 1.165) is 11.2 Å². The van der Waals surface area contributed by atoms with Crippen LogP contribution in [0.3, 0.4) is 0 Å². The average molecular weight is 353 g/mol. The number of carbonyl (C=O) groups is 1. The number of halogens is 1. The molecule has 0 radical (unpaired) electrons. The lowest BCUT2D eigenvalue weighted by Crippen LogP contribution is -2.20. The van der Waals surface area contributed by atoms with Crippen molar-refractivity contribution in [2.75, 3.05) is 5.32 Å². The van der Waals surface area contributed by atoms with Gasteiger partial charge in [-0.3, -0.25) is 4.79 Å². The molecule has 7 heteroatoms. The van der Waals surface area contributed by atoms with Crippen LogP contribution in [0.15, 0.2) is 48.5 Å². The lowest BCUT2D eigenvalue weighted by molar-refractivity contribution is -0.117. The number of carbonyl (C=O) groups excluding carboxylic acids is 1. The zero-order chi connectivity index (χ0) is 18.5. The summed E-state index contributed by atoms with van der Waals surface area (Å²) < 4.78 is 13.8. The fraction of sp³-hybridized carbons (Fsp3) is 0.263. The van der Waals surface area contributed by atoms with Gasteiger partial charge in [-0.05, 0) is 47.4 Å². The lowest BCUT2D eigenvalue weighted by Gasteiger charge is -2.10. The molecule has 6 nitrogen and oxygen atoms in total. The molecule has 3 aromatic rings. The summed E-state index contributed by atoms with van der Waals surface area (Å²) in [6.45, 7) is 4.20. The highest BCUT2D eigenvalue weighted by atomic mass is 19.1. The predicted molar refractivity (Wildman–Crippen MR) is 97.0 cm³/mol. The Morgan fingerprint density at radius 3 is 2.62 bits per heavy atom. The summed E-state index contributed by atoms with van der Waals surface area (Å²) in [6.07, 6.45) is 1.06. The fourth-order valence-corrected chi connectivity index (χ4v) is 2.52. The summed E-state index contributed by atoms with van der Waals surface area (Å²) in [5.74, 6) is -0.0821. The van der Waals surface area contributed by atoms with E-state index in [9.17, 15) is 9.18 Å². The number of hydrogen-bond acceptors (Lipinski definition) is 4. The molecule has 0 aliphatic carbocycles. The van der Waals surface area contributed by atoms with Gasteiger partial charge in [0.2, 0.25) is 11.7 Å². The molecule has 3 rings (SSSR count). The summed E-state index contributed by atoms with van der Waals surface area (Å²) in [5, 5.41) is 14.5. The maximum atomic E-state index is 13.8. The molecule has 1 N–H and O–H groups in total. The summed E-state index contributed by atoms with van der Waals surface area (Å²) in [7, 11) is 0. The number of anilines is 1. The van der Waals surface area contributed by atoms with E-state index in [0.29, 0.717) is 11.6 Å². The molecule has 1 atom stereocenters. The third-order valence-corrected chi connectivity index (χ3v) is 4.23. The molecule has 2 aromatic carbocycles. The Hall–Kier alpha value is -3.09. The molecular formula is C19H20FN5O. The normalized spacial score (nSPS) is 12.0. The van der Waals surface area contributed by atoms with Crippen LogP contribution in [0.2, 0.25) is 0 Å². The van der Waals surface area contributed by atoms with Crippen LogP contribution in [-0.4, -0.2) is 26.1 Å². The number of amides is 1. The average Bonchev–Trinajstić information content (AvgIpc) is 3.10. The third kappa shape index (κ3) is 4.11. The lowest BCUT2D eigenvalue weighted by atomic mass is 9.99. The first-order valence-corrected chi connectivity index (χ1v) is 8.49. The molecule has 1 amide bonds. The highest BCUT2D eigenvalue weighted by Crippen LogP contribution is 2.20. The van der Waals surface area contributed by atoms with Crippen LogP contribution < -0.4 is 5.32 Å². The van der Waals surface area contributed by atoms with Crippen molar-refractivity contribution in [2.45, 2.75) is 32.7 Å². The van der Waals surface area contributed by atoms with Crippen LogP contribution >= 0.6 is 0 Å². The van der Waals surface area contributed by atoms with Gasteiger partial charge in [0.25, 0.3) is 0 Å². The standard InChI is InChI=1S/C19H20FN5O/c1-3-13(2)14-8-10-15(11-9-14)21-18(26)12-25-23-19(22-24-25)16-6-4-5-7-17(16)20/h4-11,13H,3,12H2,1-2H3,(H,21,26)/t13-/m0/s1. The van der Waals surface area contributed by atoms with Gasteiger partial charge in [-0.15, -0.1) is 10.2 Å². The van der Waals surface area contributed by atoms with E-state index in [4.69, 9.17) is 0 Å². The van der Waals surface area contributed by atoms with Gasteiger partial charge in [0.1, 0.15) is 12.4 Å². The quantitative estimate of drug-likeness (QED) is 0.734. The van der Waals surface area contributed by atoms with Gasteiger partial charge >= 0.3 is 0 Å². The molecule has 1 aromatic heterocycles. The molecule has 0 aliphatic rings.